The van der Waals surface area contributed by atoms with Gasteiger partial charge in [0.05, 0.1) is 18.5 Å². The van der Waals surface area contributed by atoms with Crippen LogP contribution in [0.2, 0.25) is 0 Å². The van der Waals surface area contributed by atoms with E-state index in [1.807, 2.05) is 37.3 Å². The number of pyridine rings is 1. The molecule has 4 rings (SSSR count). The normalized spacial score (nSPS) is 16.6. The second-order valence-electron chi connectivity index (χ2n) is 6.22. The van der Waals surface area contributed by atoms with E-state index in [0.29, 0.717) is 6.61 Å². The van der Waals surface area contributed by atoms with Crippen LogP contribution in [0.4, 0.5) is 0 Å². The van der Waals surface area contributed by atoms with Gasteiger partial charge in [-0.25, -0.2) is 0 Å². The Hall–Kier alpha value is -2.24. The van der Waals surface area contributed by atoms with Crippen molar-refractivity contribution >= 4 is 28.2 Å². The molecule has 1 unspecified atom stereocenters. The molecule has 3 heterocycles. The fourth-order valence-corrected chi connectivity index (χ4v) is 4.26. The van der Waals surface area contributed by atoms with E-state index >= 15 is 0 Å². The molecule has 0 aliphatic carbocycles. The van der Waals surface area contributed by atoms with E-state index < -0.39 is 0 Å². The van der Waals surface area contributed by atoms with Gasteiger partial charge in [-0.3, -0.25) is 9.78 Å². The van der Waals surface area contributed by atoms with Crippen LogP contribution in [0.15, 0.2) is 41.8 Å². The highest BCUT2D eigenvalue weighted by molar-refractivity contribution is 7.10. The zero-order valence-corrected chi connectivity index (χ0v) is 14.8. The first kappa shape index (κ1) is 16.2. The molecule has 2 aromatic heterocycles. The summed E-state index contributed by atoms with van der Waals surface area (Å²) in [7, 11) is 0. The van der Waals surface area contributed by atoms with Crippen LogP contribution in [-0.4, -0.2) is 17.6 Å². The number of hydrogen-bond donors (Lipinski definition) is 0. The molecule has 0 spiro atoms. The van der Waals surface area contributed by atoms with Crippen LogP contribution in [0.3, 0.4) is 0 Å². The molecule has 0 amide bonds. The van der Waals surface area contributed by atoms with Crippen LogP contribution in [0.1, 0.15) is 34.2 Å². The number of ether oxygens (including phenoxy) is 2. The number of aromatic nitrogens is 1. The predicted octanol–water partition coefficient (Wildman–Crippen LogP) is 4.35. The molecule has 0 bridgehead atoms. The maximum Gasteiger partial charge on any atom is 0.309 e. The number of hydrogen-bond acceptors (Lipinski definition) is 5. The summed E-state index contributed by atoms with van der Waals surface area (Å²) in [6, 6.07) is 12.0. The third kappa shape index (κ3) is 3.43. The lowest BCUT2D eigenvalue weighted by atomic mass is 10.1. The summed E-state index contributed by atoms with van der Waals surface area (Å²) in [6.07, 6.45) is 1.01. The van der Waals surface area contributed by atoms with E-state index in [2.05, 4.69) is 16.4 Å². The smallest absolute Gasteiger partial charge is 0.309 e. The second kappa shape index (κ2) is 6.94. The lowest BCUT2D eigenvalue weighted by Crippen LogP contribution is -2.18. The van der Waals surface area contributed by atoms with Crippen molar-refractivity contribution in [2.45, 2.75) is 32.5 Å². The monoisotopic (exact) mass is 353 g/mol. The summed E-state index contributed by atoms with van der Waals surface area (Å²) >= 11 is 1.65. The van der Waals surface area contributed by atoms with Crippen molar-refractivity contribution in [2.75, 3.05) is 6.61 Å². The summed E-state index contributed by atoms with van der Waals surface area (Å²) in [5.41, 5.74) is 4.12. The van der Waals surface area contributed by atoms with E-state index in [4.69, 9.17) is 9.47 Å². The number of aryl methyl sites for hydroxylation is 1. The highest BCUT2D eigenvalue weighted by Crippen LogP contribution is 2.34. The molecule has 25 heavy (non-hydrogen) atoms. The molecule has 1 aromatic carbocycles. The van der Waals surface area contributed by atoms with Crippen molar-refractivity contribution < 1.29 is 14.3 Å². The minimum Gasteiger partial charge on any atom is -0.461 e. The van der Waals surface area contributed by atoms with Crippen molar-refractivity contribution in [3.8, 4) is 0 Å². The molecule has 0 N–H and O–H groups in total. The Morgan fingerprint density at radius 3 is 3.16 bits per heavy atom. The zero-order chi connectivity index (χ0) is 17.2. The van der Waals surface area contributed by atoms with Gasteiger partial charge in [-0.05, 0) is 42.5 Å². The first-order chi connectivity index (χ1) is 12.2. The van der Waals surface area contributed by atoms with Crippen molar-refractivity contribution in [3.05, 3.63) is 63.5 Å². The summed E-state index contributed by atoms with van der Waals surface area (Å²) in [5.74, 6) is -0.232. The maximum absolute atomic E-state index is 12.3. The van der Waals surface area contributed by atoms with Gasteiger partial charge >= 0.3 is 5.97 Å². The van der Waals surface area contributed by atoms with Crippen molar-refractivity contribution in [3.63, 3.8) is 0 Å². The Morgan fingerprint density at radius 2 is 2.24 bits per heavy atom. The fourth-order valence-electron chi connectivity index (χ4n) is 3.26. The molecular weight excluding hydrogens is 334 g/mol. The Balaban J connectivity index is 1.45. The van der Waals surface area contributed by atoms with E-state index in [1.54, 1.807) is 11.3 Å². The number of thiophene rings is 1. The van der Waals surface area contributed by atoms with E-state index in [-0.39, 0.29) is 25.1 Å². The minimum atomic E-state index is -0.232. The molecule has 5 heteroatoms. The third-order valence-electron chi connectivity index (χ3n) is 4.43. The molecule has 128 valence electrons. The highest BCUT2D eigenvalue weighted by Gasteiger charge is 2.25. The molecule has 0 saturated carbocycles. The number of nitrogens with zero attached hydrogens (tertiary/aromatic N) is 1. The SMILES string of the molecule is Cc1cc(COC(=O)CC2OCCc3ccsc32)c2ccccc2n1. The van der Waals surface area contributed by atoms with Gasteiger partial charge in [-0.1, -0.05) is 18.2 Å². The Bertz CT molecular complexity index is 918. The van der Waals surface area contributed by atoms with Gasteiger partial charge in [-0.15, -0.1) is 11.3 Å². The van der Waals surface area contributed by atoms with Gasteiger partial charge in [0, 0.05) is 21.5 Å². The maximum atomic E-state index is 12.3. The van der Waals surface area contributed by atoms with Crippen LogP contribution in [0, 0.1) is 6.92 Å². The third-order valence-corrected chi connectivity index (χ3v) is 5.49. The van der Waals surface area contributed by atoms with E-state index in [9.17, 15) is 4.79 Å². The fraction of sp³-hybridized carbons (Fsp3) is 0.300. The molecule has 4 nitrogen and oxygen atoms in total. The number of rotatable bonds is 4. The average Bonchev–Trinajstić information content (AvgIpc) is 3.09. The van der Waals surface area contributed by atoms with Crippen molar-refractivity contribution in [1.82, 2.24) is 4.98 Å². The first-order valence-electron chi connectivity index (χ1n) is 8.39. The van der Waals surface area contributed by atoms with Gasteiger partial charge in [0.15, 0.2) is 0 Å². The number of carbonyl (C=O) groups excluding carboxylic acids is 1. The number of para-hydroxylation sites is 1. The highest BCUT2D eigenvalue weighted by atomic mass is 32.1. The molecular formula is C20H19NO3S. The summed E-state index contributed by atoms with van der Waals surface area (Å²) < 4.78 is 11.3. The lowest BCUT2D eigenvalue weighted by Gasteiger charge is -2.22. The molecule has 0 saturated heterocycles. The standard InChI is InChI=1S/C20H19NO3S/c1-13-10-15(16-4-2-3-5-17(16)21-13)12-24-19(22)11-18-20-14(6-8-23-18)7-9-25-20/h2-5,7,9-10,18H,6,8,11-12H2,1H3. The molecule has 1 atom stereocenters. The van der Waals surface area contributed by atoms with Gasteiger partial charge in [0.1, 0.15) is 12.7 Å². The topological polar surface area (TPSA) is 48.4 Å². The molecule has 1 aliphatic heterocycles. The number of benzene rings is 1. The Kier molecular flexibility index (Phi) is 4.51. The first-order valence-corrected chi connectivity index (χ1v) is 9.27. The molecule has 0 fully saturated rings. The van der Waals surface area contributed by atoms with Crippen LogP contribution < -0.4 is 0 Å². The summed E-state index contributed by atoms with van der Waals surface area (Å²) in [5, 5.41) is 3.08. The molecule has 1 aliphatic rings. The largest absolute Gasteiger partial charge is 0.461 e. The molecule has 0 radical (unpaired) electrons. The van der Waals surface area contributed by atoms with E-state index in [1.165, 1.54) is 5.56 Å². The second-order valence-corrected chi connectivity index (χ2v) is 7.17. The Morgan fingerprint density at radius 1 is 1.36 bits per heavy atom. The van der Waals surface area contributed by atoms with Crippen molar-refractivity contribution in [1.29, 1.82) is 0 Å². The van der Waals surface area contributed by atoms with Gasteiger partial charge in [-0.2, -0.15) is 0 Å². The van der Waals surface area contributed by atoms with Crippen molar-refractivity contribution in [2.24, 2.45) is 0 Å². The predicted molar refractivity (Wildman–Crippen MR) is 97.6 cm³/mol. The van der Waals surface area contributed by atoms with Crippen LogP contribution >= 0.6 is 11.3 Å². The average molecular weight is 353 g/mol. The van der Waals surface area contributed by atoms with Gasteiger partial charge in [0.25, 0.3) is 0 Å². The lowest BCUT2D eigenvalue weighted by molar-refractivity contribution is -0.148. The quantitative estimate of drug-likeness (QED) is 0.654. The number of esters is 1. The van der Waals surface area contributed by atoms with E-state index in [0.717, 1.165) is 33.5 Å². The number of fused-ring (bicyclic) bond motifs is 2. The van der Waals surface area contributed by atoms with Crippen LogP contribution in [-0.2, 0) is 27.3 Å². The van der Waals surface area contributed by atoms with Gasteiger partial charge in [0.2, 0.25) is 0 Å². The number of carbonyl (C=O) groups is 1. The summed E-state index contributed by atoms with van der Waals surface area (Å²) in [4.78, 5) is 18.0. The zero-order valence-electron chi connectivity index (χ0n) is 14.0. The summed E-state index contributed by atoms with van der Waals surface area (Å²) in [6.45, 7) is 2.87. The van der Waals surface area contributed by atoms with Crippen LogP contribution in [0.5, 0.6) is 0 Å². The van der Waals surface area contributed by atoms with Crippen LogP contribution in [0.25, 0.3) is 10.9 Å². The van der Waals surface area contributed by atoms with Gasteiger partial charge < -0.3 is 9.47 Å². The Labute approximate surface area is 150 Å². The minimum absolute atomic E-state index is 0.174. The molecule has 3 aromatic rings.